The molecular weight excluding hydrogens is 408 g/mol. The van der Waals surface area contributed by atoms with Gasteiger partial charge in [0.25, 0.3) is 0 Å². The largest absolute Gasteiger partial charge is 0.461 e. The van der Waals surface area contributed by atoms with Gasteiger partial charge in [0, 0.05) is 5.56 Å². The zero-order valence-corrected chi connectivity index (χ0v) is 17.3. The Labute approximate surface area is 179 Å². The summed E-state index contributed by atoms with van der Waals surface area (Å²) in [7, 11) is 0. The van der Waals surface area contributed by atoms with Crippen molar-refractivity contribution in [2.75, 3.05) is 31.7 Å². The van der Waals surface area contributed by atoms with E-state index in [-0.39, 0.29) is 44.9 Å². The summed E-state index contributed by atoms with van der Waals surface area (Å²) in [6.07, 6.45) is 0. The van der Waals surface area contributed by atoms with Gasteiger partial charge in [-0.1, -0.05) is 48.0 Å². The van der Waals surface area contributed by atoms with Gasteiger partial charge < -0.3 is 19.9 Å². The molecule has 158 valence electrons. The van der Waals surface area contributed by atoms with Crippen LogP contribution >= 0.6 is 11.6 Å². The van der Waals surface area contributed by atoms with Crippen LogP contribution in [0.3, 0.4) is 0 Å². The van der Waals surface area contributed by atoms with Crippen LogP contribution in [0, 0.1) is 6.92 Å². The van der Waals surface area contributed by atoms with Crippen molar-refractivity contribution in [2.24, 2.45) is 0 Å². The molecule has 30 heavy (non-hydrogen) atoms. The molecule has 0 radical (unpaired) electrons. The molecule has 1 amide bonds. The normalized spacial score (nSPS) is 10.8. The number of halogens is 1. The Bertz CT molecular complexity index is 978. The first kappa shape index (κ1) is 21.8. The Morgan fingerprint density at radius 1 is 1.17 bits per heavy atom. The Hall–Kier alpha value is -2.94. The molecule has 8 nitrogen and oxygen atoms in total. The number of rotatable bonds is 10. The molecule has 0 fully saturated rings. The number of benzene rings is 2. The van der Waals surface area contributed by atoms with Gasteiger partial charge in [-0.05, 0) is 24.6 Å². The summed E-state index contributed by atoms with van der Waals surface area (Å²) in [5.41, 5.74) is 2.32. The molecule has 0 spiro atoms. The van der Waals surface area contributed by atoms with E-state index < -0.39 is 0 Å². The highest BCUT2D eigenvalue weighted by Crippen LogP contribution is 2.23. The lowest BCUT2D eigenvalue weighted by Gasteiger charge is -2.10. The first-order valence-electron chi connectivity index (χ1n) is 9.44. The molecule has 0 aliphatic heterocycles. The predicted molar refractivity (Wildman–Crippen MR) is 114 cm³/mol. The number of ether oxygens (including phenoxy) is 2. The summed E-state index contributed by atoms with van der Waals surface area (Å²) in [5, 5.41) is 16.4. The van der Waals surface area contributed by atoms with Crippen molar-refractivity contribution in [3.05, 3.63) is 59.1 Å². The number of carbonyl (C=O) groups excluding carboxylic acids is 1. The van der Waals surface area contributed by atoms with Crippen molar-refractivity contribution in [1.82, 2.24) is 14.8 Å². The van der Waals surface area contributed by atoms with Gasteiger partial charge in [0.2, 0.25) is 5.91 Å². The van der Waals surface area contributed by atoms with Crippen molar-refractivity contribution in [1.29, 1.82) is 0 Å². The van der Waals surface area contributed by atoms with E-state index in [1.165, 1.54) is 4.68 Å². The number of amides is 1. The van der Waals surface area contributed by atoms with Crippen molar-refractivity contribution in [3.63, 3.8) is 0 Å². The Morgan fingerprint density at radius 3 is 2.73 bits per heavy atom. The quantitative estimate of drug-likeness (QED) is 0.480. The summed E-state index contributed by atoms with van der Waals surface area (Å²) in [4.78, 5) is 17.0. The second-order valence-electron chi connectivity index (χ2n) is 6.46. The summed E-state index contributed by atoms with van der Waals surface area (Å²) >= 11 is 6.16. The van der Waals surface area contributed by atoms with E-state index in [4.69, 9.17) is 26.2 Å². The number of hydrogen-bond acceptors (Lipinski definition) is 6. The molecule has 0 saturated carbocycles. The van der Waals surface area contributed by atoms with E-state index in [2.05, 4.69) is 15.4 Å². The monoisotopic (exact) mass is 430 g/mol. The van der Waals surface area contributed by atoms with E-state index in [9.17, 15) is 4.79 Å². The highest BCUT2D eigenvalue weighted by molar-refractivity contribution is 6.33. The topological polar surface area (TPSA) is 98.5 Å². The van der Waals surface area contributed by atoms with Crippen LogP contribution in [0.25, 0.3) is 11.4 Å². The average Bonchev–Trinajstić information content (AvgIpc) is 3.13. The van der Waals surface area contributed by atoms with Crippen molar-refractivity contribution in [2.45, 2.75) is 13.5 Å². The maximum atomic E-state index is 12.6. The van der Waals surface area contributed by atoms with Crippen molar-refractivity contribution >= 4 is 23.2 Å². The fourth-order valence-corrected chi connectivity index (χ4v) is 2.83. The number of anilines is 1. The fourth-order valence-electron chi connectivity index (χ4n) is 2.67. The van der Waals surface area contributed by atoms with E-state index in [0.717, 1.165) is 11.1 Å². The predicted octanol–water partition coefficient (Wildman–Crippen LogP) is 2.93. The second-order valence-corrected chi connectivity index (χ2v) is 6.86. The zero-order chi connectivity index (χ0) is 21.3. The van der Waals surface area contributed by atoms with Gasteiger partial charge in [0.1, 0.15) is 13.2 Å². The molecular formula is C21H23ClN4O4. The minimum absolute atomic E-state index is 0.0595. The number of aliphatic hydroxyl groups excluding tert-OH is 1. The number of aliphatic hydroxyl groups is 1. The van der Waals surface area contributed by atoms with Gasteiger partial charge >= 0.3 is 6.01 Å². The van der Waals surface area contributed by atoms with Gasteiger partial charge in [-0.15, -0.1) is 5.10 Å². The summed E-state index contributed by atoms with van der Waals surface area (Å²) < 4.78 is 12.2. The molecule has 3 rings (SSSR count). The lowest BCUT2D eigenvalue weighted by molar-refractivity contribution is -0.117. The van der Waals surface area contributed by atoms with Crippen LogP contribution < -0.4 is 10.1 Å². The van der Waals surface area contributed by atoms with Crippen LogP contribution in [-0.4, -0.2) is 52.2 Å². The standard InChI is InChI=1S/C21H23ClN4O4/c1-15-7-8-17(22)18(13-15)23-19(28)14-26-21(30-12-11-29-10-9-27)24-20(25-26)16-5-3-2-4-6-16/h2-8,13,27H,9-12,14H2,1H3,(H,23,28). The molecule has 0 aliphatic rings. The molecule has 0 atom stereocenters. The summed E-state index contributed by atoms with van der Waals surface area (Å²) in [5.74, 6) is 0.136. The van der Waals surface area contributed by atoms with Gasteiger partial charge in [-0.2, -0.15) is 4.98 Å². The molecule has 1 aromatic heterocycles. The maximum Gasteiger partial charge on any atom is 0.315 e. The Kier molecular flexibility index (Phi) is 7.78. The van der Waals surface area contributed by atoms with Crippen molar-refractivity contribution < 1.29 is 19.4 Å². The molecule has 0 aliphatic carbocycles. The van der Waals surface area contributed by atoms with Crippen LogP contribution in [-0.2, 0) is 16.1 Å². The van der Waals surface area contributed by atoms with Crippen LogP contribution in [0.5, 0.6) is 6.01 Å². The van der Waals surface area contributed by atoms with Gasteiger partial charge in [-0.25, -0.2) is 4.68 Å². The smallest absolute Gasteiger partial charge is 0.315 e. The van der Waals surface area contributed by atoms with E-state index in [1.54, 1.807) is 12.1 Å². The minimum Gasteiger partial charge on any atom is -0.461 e. The molecule has 2 aromatic carbocycles. The lowest BCUT2D eigenvalue weighted by Crippen LogP contribution is -2.21. The van der Waals surface area contributed by atoms with E-state index >= 15 is 0 Å². The third-order valence-electron chi connectivity index (χ3n) is 4.05. The molecule has 0 bridgehead atoms. The third kappa shape index (κ3) is 6.03. The Balaban J connectivity index is 1.74. The minimum atomic E-state index is -0.312. The molecule has 0 saturated heterocycles. The maximum absolute atomic E-state index is 12.6. The Morgan fingerprint density at radius 2 is 1.97 bits per heavy atom. The van der Waals surface area contributed by atoms with E-state index in [1.807, 2.05) is 43.3 Å². The van der Waals surface area contributed by atoms with Crippen LogP contribution in [0.2, 0.25) is 5.02 Å². The first-order chi connectivity index (χ1) is 14.6. The molecule has 0 unspecified atom stereocenters. The van der Waals surface area contributed by atoms with E-state index in [0.29, 0.717) is 16.5 Å². The number of hydrogen-bond donors (Lipinski definition) is 2. The number of carbonyl (C=O) groups is 1. The number of aromatic nitrogens is 3. The highest BCUT2D eigenvalue weighted by atomic mass is 35.5. The third-order valence-corrected chi connectivity index (χ3v) is 4.38. The first-order valence-corrected chi connectivity index (χ1v) is 9.82. The van der Waals surface area contributed by atoms with Gasteiger partial charge in [0.05, 0.1) is 30.5 Å². The SMILES string of the molecule is Cc1ccc(Cl)c(NC(=O)Cn2nc(-c3ccccc3)nc2OCCOCCO)c1. The molecule has 9 heteroatoms. The molecule has 2 N–H and O–H groups in total. The second kappa shape index (κ2) is 10.7. The number of aryl methyl sites for hydroxylation is 1. The van der Waals surface area contributed by atoms with Crippen LogP contribution in [0.4, 0.5) is 5.69 Å². The average molecular weight is 431 g/mol. The van der Waals surface area contributed by atoms with Gasteiger partial charge in [0.15, 0.2) is 5.82 Å². The molecule has 1 heterocycles. The highest BCUT2D eigenvalue weighted by Gasteiger charge is 2.16. The van der Waals surface area contributed by atoms with Crippen molar-refractivity contribution in [3.8, 4) is 17.4 Å². The number of nitrogens with one attached hydrogen (secondary N) is 1. The van der Waals surface area contributed by atoms with Gasteiger partial charge in [-0.3, -0.25) is 4.79 Å². The van der Waals surface area contributed by atoms with Crippen LogP contribution in [0.15, 0.2) is 48.5 Å². The molecule has 3 aromatic rings. The van der Waals surface area contributed by atoms with Crippen LogP contribution in [0.1, 0.15) is 5.56 Å². The zero-order valence-electron chi connectivity index (χ0n) is 16.5. The fraction of sp³-hybridized carbons (Fsp3) is 0.286. The summed E-state index contributed by atoms with van der Waals surface area (Å²) in [6, 6.07) is 15.0. The lowest BCUT2D eigenvalue weighted by atomic mass is 10.2. The number of nitrogens with zero attached hydrogens (tertiary/aromatic N) is 3. The summed E-state index contributed by atoms with van der Waals surface area (Å²) in [6.45, 7) is 2.47.